The number of carbonyl (C=O) groups is 1. The summed E-state index contributed by atoms with van der Waals surface area (Å²) < 4.78 is 19.4. The molecule has 0 saturated carbocycles. The van der Waals surface area contributed by atoms with Crippen molar-refractivity contribution >= 4 is 5.91 Å². The lowest BCUT2D eigenvalue weighted by molar-refractivity contribution is -0.130. The van der Waals surface area contributed by atoms with Crippen LogP contribution in [0, 0.1) is 6.92 Å². The van der Waals surface area contributed by atoms with Crippen molar-refractivity contribution in [1.29, 1.82) is 0 Å². The standard InChI is InChI=1S/C17H20FN3O2/c1-12-3-5-13(6-4-12)16-20-19-14(23-16)7-8-15(22)21-10-9-17(2,18)11-21/h3-6H,7-11H2,1-2H3/t17-/m0/s1. The van der Waals surface area contributed by atoms with Gasteiger partial charge in [0.2, 0.25) is 17.7 Å². The summed E-state index contributed by atoms with van der Waals surface area (Å²) in [7, 11) is 0. The van der Waals surface area contributed by atoms with Gasteiger partial charge in [-0.15, -0.1) is 10.2 Å². The van der Waals surface area contributed by atoms with E-state index >= 15 is 0 Å². The molecule has 1 aliphatic rings. The van der Waals surface area contributed by atoms with E-state index in [-0.39, 0.29) is 18.9 Å². The number of aryl methyl sites for hydroxylation is 2. The van der Waals surface area contributed by atoms with Crippen LogP contribution in [0.15, 0.2) is 28.7 Å². The maximum absolute atomic E-state index is 13.8. The lowest BCUT2D eigenvalue weighted by Gasteiger charge is -2.17. The molecule has 2 heterocycles. The highest BCUT2D eigenvalue weighted by atomic mass is 19.1. The summed E-state index contributed by atoms with van der Waals surface area (Å²) in [5.41, 5.74) is 0.747. The minimum absolute atomic E-state index is 0.0681. The Kier molecular flexibility index (Phi) is 4.15. The molecule has 0 bridgehead atoms. The van der Waals surface area contributed by atoms with Gasteiger partial charge in [0.25, 0.3) is 0 Å². The largest absolute Gasteiger partial charge is 0.421 e. The predicted molar refractivity (Wildman–Crippen MR) is 83.5 cm³/mol. The summed E-state index contributed by atoms with van der Waals surface area (Å²) in [5.74, 6) is 0.808. The van der Waals surface area contributed by atoms with Crippen LogP contribution in [0.5, 0.6) is 0 Å². The molecule has 1 amide bonds. The van der Waals surface area contributed by atoms with Crippen LogP contribution in [0.1, 0.15) is 31.2 Å². The summed E-state index contributed by atoms with van der Waals surface area (Å²) in [6.45, 7) is 4.19. The third-order valence-corrected chi connectivity index (χ3v) is 4.09. The molecule has 1 saturated heterocycles. The number of benzene rings is 1. The highest BCUT2D eigenvalue weighted by Crippen LogP contribution is 2.25. The van der Waals surface area contributed by atoms with Crippen molar-refractivity contribution in [1.82, 2.24) is 15.1 Å². The molecule has 1 atom stereocenters. The van der Waals surface area contributed by atoms with Gasteiger partial charge in [-0.2, -0.15) is 0 Å². The third kappa shape index (κ3) is 3.75. The minimum atomic E-state index is -1.27. The molecule has 0 N–H and O–H groups in total. The lowest BCUT2D eigenvalue weighted by Crippen LogP contribution is -2.32. The number of likely N-dealkylation sites (tertiary alicyclic amines) is 1. The highest BCUT2D eigenvalue weighted by Gasteiger charge is 2.35. The number of hydrogen-bond acceptors (Lipinski definition) is 4. The number of alkyl halides is 1. The molecule has 1 fully saturated rings. The van der Waals surface area contributed by atoms with Gasteiger partial charge in [-0.05, 0) is 26.0 Å². The zero-order valence-electron chi connectivity index (χ0n) is 13.4. The van der Waals surface area contributed by atoms with Crippen molar-refractivity contribution in [3.63, 3.8) is 0 Å². The molecule has 0 aliphatic carbocycles. The second kappa shape index (κ2) is 6.10. The molecule has 1 aliphatic heterocycles. The van der Waals surface area contributed by atoms with Crippen LogP contribution in [-0.2, 0) is 11.2 Å². The van der Waals surface area contributed by atoms with E-state index in [1.54, 1.807) is 4.90 Å². The average Bonchev–Trinajstić information content (AvgIpc) is 3.12. The highest BCUT2D eigenvalue weighted by molar-refractivity contribution is 5.76. The number of amides is 1. The molecule has 122 valence electrons. The Morgan fingerprint density at radius 1 is 1.35 bits per heavy atom. The lowest BCUT2D eigenvalue weighted by atomic mass is 10.1. The fourth-order valence-corrected chi connectivity index (χ4v) is 2.68. The average molecular weight is 317 g/mol. The molecular weight excluding hydrogens is 297 g/mol. The maximum atomic E-state index is 13.8. The number of nitrogens with zero attached hydrogens (tertiary/aromatic N) is 3. The van der Waals surface area contributed by atoms with Crippen LogP contribution in [0.4, 0.5) is 4.39 Å². The SMILES string of the molecule is Cc1ccc(-c2nnc(CCC(=O)N3CC[C@](C)(F)C3)o2)cc1. The van der Waals surface area contributed by atoms with Gasteiger partial charge in [0, 0.05) is 31.4 Å². The Bertz CT molecular complexity index is 694. The quantitative estimate of drug-likeness (QED) is 0.870. The first-order chi connectivity index (χ1) is 10.9. The van der Waals surface area contributed by atoms with Crippen LogP contribution < -0.4 is 0 Å². The molecule has 1 aromatic heterocycles. The third-order valence-electron chi connectivity index (χ3n) is 4.09. The molecule has 0 radical (unpaired) electrons. The van der Waals surface area contributed by atoms with Crippen LogP contribution >= 0.6 is 0 Å². The topological polar surface area (TPSA) is 59.2 Å². The summed E-state index contributed by atoms with van der Waals surface area (Å²) >= 11 is 0. The van der Waals surface area contributed by atoms with Gasteiger partial charge < -0.3 is 9.32 Å². The summed E-state index contributed by atoms with van der Waals surface area (Å²) in [6, 6.07) is 7.79. The van der Waals surface area contributed by atoms with Gasteiger partial charge in [0.05, 0.1) is 6.54 Å². The summed E-state index contributed by atoms with van der Waals surface area (Å²) in [6.07, 6.45) is 1.03. The smallest absolute Gasteiger partial charge is 0.247 e. The van der Waals surface area contributed by atoms with Gasteiger partial charge >= 0.3 is 0 Å². The van der Waals surface area contributed by atoms with Gasteiger partial charge in [-0.1, -0.05) is 17.7 Å². The number of halogens is 1. The van der Waals surface area contributed by atoms with E-state index in [2.05, 4.69) is 10.2 Å². The normalized spacial score (nSPS) is 20.9. The van der Waals surface area contributed by atoms with E-state index in [4.69, 9.17) is 4.42 Å². The Morgan fingerprint density at radius 2 is 2.09 bits per heavy atom. The Morgan fingerprint density at radius 3 is 2.74 bits per heavy atom. The fraction of sp³-hybridized carbons (Fsp3) is 0.471. The van der Waals surface area contributed by atoms with Crippen LogP contribution in [0.25, 0.3) is 11.5 Å². The molecule has 5 nitrogen and oxygen atoms in total. The van der Waals surface area contributed by atoms with E-state index in [0.717, 1.165) is 11.1 Å². The molecular formula is C17H20FN3O2. The molecule has 0 spiro atoms. The molecule has 3 rings (SSSR count). The molecule has 6 heteroatoms. The monoisotopic (exact) mass is 317 g/mol. The zero-order valence-corrected chi connectivity index (χ0v) is 13.4. The van der Waals surface area contributed by atoms with Crippen LogP contribution in [0.3, 0.4) is 0 Å². The van der Waals surface area contributed by atoms with E-state index in [9.17, 15) is 9.18 Å². The summed E-state index contributed by atoms with van der Waals surface area (Å²) in [4.78, 5) is 13.7. The number of aromatic nitrogens is 2. The molecule has 0 unspecified atom stereocenters. The van der Waals surface area contributed by atoms with E-state index < -0.39 is 5.67 Å². The number of hydrogen-bond donors (Lipinski definition) is 0. The van der Waals surface area contributed by atoms with E-state index in [1.165, 1.54) is 6.92 Å². The molecule has 1 aromatic carbocycles. The molecule has 2 aromatic rings. The first kappa shape index (κ1) is 15.6. The first-order valence-corrected chi connectivity index (χ1v) is 7.79. The van der Waals surface area contributed by atoms with Gasteiger partial charge in [-0.3, -0.25) is 4.79 Å². The van der Waals surface area contributed by atoms with Crippen molar-refractivity contribution in [3.05, 3.63) is 35.7 Å². The van der Waals surface area contributed by atoms with Crippen molar-refractivity contribution < 1.29 is 13.6 Å². The number of rotatable bonds is 4. The van der Waals surface area contributed by atoms with E-state index in [0.29, 0.717) is 31.2 Å². The van der Waals surface area contributed by atoms with Gasteiger partial charge in [-0.25, -0.2) is 4.39 Å². The van der Waals surface area contributed by atoms with Gasteiger partial charge in [0.1, 0.15) is 5.67 Å². The number of carbonyl (C=O) groups excluding carboxylic acids is 1. The Balaban J connectivity index is 1.57. The van der Waals surface area contributed by atoms with Crippen molar-refractivity contribution in [2.45, 2.75) is 38.8 Å². The van der Waals surface area contributed by atoms with Gasteiger partial charge in [0.15, 0.2) is 0 Å². The van der Waals surface area contributed by atoms with Crippen LogP contribution in [-0.4, -0.2) is 39.8 Å². The fourth-order valence-electron chi connectivity index (χ4n) is 2.68. The maximum Gasteiger partial charge on any atom is 0.247 e. The second-order valence-electron chi connectivity index (χ2n) is 6.35. The Labute approximate surface area is 134 Å². The second-order valence-corrected chi connectivity index (χ2v) is 6.35. The minimum Gasteiger partial charge on any atom is -0.421 e. The summed E-state index contributed by atoms with van der Waals surface area (Å²) in [5, 5.41) is 7.99. The molecule has 23 heavy (non-hydrogen) atoms. The van der Waals surface area contributed by atoms with Crippen molar-refractivity contribution in [2.24, 2.45) is 0 Å². The van der Waals surface area contributed by atoms with E-state index in [1.807, 2.05) is 31.2 Å². The zero-order chi connectivity index (χ0) is 16.4. The van der Waals surface area contributed by atoms with Crippen LogP contribution in [0.2, 0.25) is 0 Å². The predicted octanol–water partition coefficient (Wildman–Crippen LogP) is 2.94. The first-order valence-electron chi connectivity index (χ1n) is 7.79. The van der Waals surface area contributed by atoms with Crippen molar-refractivity contribution in [3.8, 4) is 11.5 Å². The Hall–Kier alpha value is -2.24. The van der Waals surface area contributed by atoms with Crippen molar-refractivity contribution in [2.75, 3.05) is 13.1 Å².